The molecule has 9 heteroatoms. The van der Waals surface area contributed by atoms with Crippen molar-refractivity contribution in [3.8, 4) is 11.4 Å². The number of hydrogen-bond donors (Lipinski definition) is 2. The number of H-pyrrole nitrogens is 1. The first-order valence-electron chi connectivity index (χ1n) is 12.3. The van der Waals surface area contributed by atoms with Crippen molar-refractivity contribution in [2.75, 3.05) is 30.0 Å². The van der Waals surface area contributed by atoms with Crippen LogP contribution < -0.4 is 15.8 Å². The molecule has 2 aliphatic rings. The Labute approximate surface area is 203 Å². The number of hydrogen-bond acceptors (Lipinski definition) is 7. The monoisotopic (exact) mass is 471 g/mol. The lowest BCUT2D eigenvalue weighted by Gasteiger charge is -2.34. The van der Waals surface area contributed by atoms with Gasteiger partial charge in [0.1, 0.15) is 11.6 Å². The fraction of sp³-hybridized carbons (Fsp3) is 0.385. The van der Waals surface area contributed by atoms with Gasteiger partial charge in [0.25, 0.3) is 0 Å². The van der Waals surface area contributed by atoms with Crippen molar-refractivity contribution in [1.82, 2.24) is 24.5 Å². The lowest BCUT2D eigenvalue weighted by atomic mass is 10.1. The lowest BCUT2D eigenvalue weighted by Crippen LogP contribution is -2.44. The number of aromatic nitrogens is 5. The van der Waals surface area contributed by atoms with E-state index in [0.29, 0.717) is 30.8 Å². The van der Waals surface area contributed by atoms with Gasteiger partial charge >= 0.3 is 0 Å². The summed E-state index contributed by atoms with van der Waals surface area (Å²) in [5, 5.41) is 3.34. The van der Waals surface area contributed by atoms with Crippen LogP contribution in [0.25, 0.3) is 22.6 Å². The van der Waals surface area contributed by atoms with Crippen molar-refractivity contribution < 1.29 is 4.74 Å². The molecule has 0 spiro atoms. The molecule has 0 bridgehead atoms. The molecule has 3 aromatic heterocycles. The van der Waals surface area contributed by atoms with Crippen molar-refractivity contribution in [3.63, 3.8) is 0 Å². The van der Waals surface area contributed by atoms with Gasteiger partial charge in [-0.15, -0.1) is 0 Å². The van der Waals surface area contributed by atoms with E-state index in [9.17, 15) is 4.79 Å². The van der Waals surface area contributed by atoms with E-state index in [1.54, 1.807) is 6.07 Å². The summed E-state index contributed by atoms with van der Waals surface area (Å²) in [5.41, 5.74) is 3.26. The molecule has 1 saturated heterocycles. The number of morpholine rings is 1. The Morgan fingerprint density at radius 2 is 1.97 bits per heavy atom. The molecule has 180 valence electrons. The highest BCUT2D eigenvalue weighted by Crippen LogP contribution is 2.42. The topological polar surface area (TPSA) is 101 Å². The predicted octanol–water partition coefficient (Wildman–Crippen LogP) is 4.05. The number of ether oxygens (including phenoxy) is 1. The Hall–Kier alpha value is -3.72. The number of benzene rings is 1. The third-order valence-corrected chi connectivity index (χ3v) is 6.71. The molecule has 0 radical (unpaired) electrons. The molecule has 4 heterocycles. The maximum absolute atomic E-state index is 11.8. The minimum absolute atomic E-state index is 0.159. The van der Waals surface area contributed by atoms with Crippen LogP contribution in [-0.2, 0) is 11.3 Å². The number of aryl methyl sites for hydroxylation is 1. The summed E-state index contributed by atoms with van der Waals surface area (Å²) < 4.78 is 7.95. The highest BCUT2D eigenvalue weighted by Gasteiger charge is 2.32. The number of aromatic amines is 1. The zero-order chi connectivity index (χ0) is 23.9. The molecule has 6 rings (SSSR count). The number of rotatable bonds is 6. The molecule has 1 aromatic carbocycles. The number of fused-ring (bicyclic) bond motifs is 1. The van der Waals surface area contributed by atoms with Gasteiger partial charge < -0.3 is 24.5 Å². The average Bonchev–Trinajstić information content (AvgIpc) is 3.64. The van der Waals surface area contributed by atoms with E-state index in [4.69, 9.17) is 19.7 Å². The van der Waals surface area contributed by atoms with E-state index < -0.39 is 0 Å². The van der Waals surface area contributed by atoms with Crippen molar-refractivity contribution in [2.45, 2.75) is 45.2 Å². The standard InChI is InChI=1S/C26H29N7O2/c1-3-32-24(17-11-12-17)29-22-25(32)30-23(31-26(22)33-13-14-35-15-16(33)2)18-7-4-5-8-19(18)27-20-9-6-10-21(34)28-20/h4-10,16-17H,3,11-15H2,1-2H3,(H2,27,28,34). The van der Waals surface area contributed by atoms with Crippen LogP contribution in [0.1, 0.15) is 38.4 Å². The first kappa shape index (κ1) is 21.8. The summed E-state index contributed by atoms with van der Waals surface area (Å²) in [6.07, 6.45) is 2.35. The molecule has 2 fully saturated rings. The van der Waals surface area contributed by atoms with Crippen LogP contribution in [0.5, 0.6) is 0 Å². The molecule has 1 aliphatic heterocycles. The summed E-state index contributed by atoms with van der Waals surface area (Å²) in [6, 6.07) is 13.1. The van der Waals surface area contributed by atoms with Crippen LogP contribution in [-0.4, -0.2) is 50.3 Å². The lowest BCUT2D eigenvalue weighted by molar-refractivity contribution is 0.0987. The first-order chi connectivity index (χ1) is 17.1. The highest BCUT2D eigenvalue weighted by atomic mass is 16.5. The Bertz CT molecular complexity index is 1440. The zero-order valence-corrected chi connectivity index (χ0v) is 20.0. The van der Waals surface area contributed by atoms with Crippen molar-refractivity contribution in [3.05, 3.63) is 58.6 Å². The molecule has 9 nitrogen and oxygen atoms in total. The van der Waals surface area contributed by atoms with Gasteiger partial charge in [0.2, 0.25) is 5.56 Å². The minimum Gasteiger partial charge on any atom is -0.377 e. The van der Waals surface area contributed by atoms with Gasteiger partial charge in [-0.2, -0.15) is 0 Å². The maximum atomic E-state index is 11.8. The summed E-state index contributed by atoms with van der Waals surface area (Å²) in [5.74, 6) is 3.72. The minimum atomic E-state index is -0.159. The predicted molar refractivity (Wildman–Crippen MR) is 136 cm³/mol. The maximum Gasteiger partial charge on any atom is 0.249 e. The van der Waals surface area contributed by atoms with Crippen molar-refractivity contribution in [2.24, 2.45) is 0 Å². The van der Waals surface area contributed by atoms with E-state index in [1.807, 2.05) is 30.3 Å². The molecule has 1 aliphatic carbocycles. The van der Waals surface area contributed by atoms with Crippen LogP contribution in [0.4, 0.5) is 17.3 Å². The molecular weight excluding hydrogens is 442 g/mol. The smallest absolute Gasteiger partial charge is 0.249 e. The Morgan fingerprint density at radius 1 is 1.11 bits per heavy atom. The van der Waals surface area contributed by atoms with E-state index >= 15 is 0 Å². The Kier molecular flexibility index (Phi) is 5.49. The number of pyridine rings is 1. The number of imidazole rings is 1. The van der Waals surface area contributed by atoms with E-state index in [-0.39, 0.29) is 11.6 Å². The largest absolute Gasteiger partial charge is 0.377 e. The van der Waals surface area contributed by atoms with Crippen molar-refractivity contribution >= 4 is 28.5 Å². The summed E-state index contributed by atoms with van der Waals surface area (Å²) in [6.45, 7) is 7.19. The van der Waals surface area contributed by atoms with E-state index in [1.165, 1.54) is 18.9 Å². The van der Waals surface area contributed by atoms with Gasteiger partial charge in [0, 0.05) is 30.6 Å². The van der Waals surface area contributed by atoms with E-state index in [0.717, 1.165) is 47.1 Å². The third-order valence-electron chi connectivity index (χ3n) is 6.71. The fourth-order valence-corrected chi connectivity index (χ4v) is 4.78. The van der Waals surface area contributed by atoms with Gasteiger partial charge in [-0.3, -0.25) is 4.79 Å². The van der Waals surface area contributed by atoms with Gasteiger partial charge in [0.05, 0.1) is 24.9 Å². The average molecular weight is 472 g/mol. The Morgan fingerprint density at radius 3 is 2.74 bits per heavy atom. The van der Waals surface area contributed by atoms with Crippen LogP contribution in [0.15, 0.2) is 47.3 Å². The molecule has 2 N–H and O–H groups in total. The molecule has 35 heavy (non-hydrogen) atoms. The van der Waals surface area contributed by atoms with E-state index in [2.05, 4.69) is 33.6 Å². The number of nitrogens with zero attached hydrogens (tertiary/aromatic N) is 5. The molecular formula is C26H29N7O2. The summed E-state index contributed by atoms with van der Waals surface area (Å²) in [4.78, 5) is 32.2. The van der Waals surface area contributed by atoms with Gasteiger partial charge in [-0.1, -0.05) is 18.2 Å². The number of para-hydroxylation sites is 1. The number of anilines is 3. The quantitative estimate of drug-likeness (QED) is 0.438. The second-order valence-electron chi connectivity index (χ2n) is 9.25. The molecule has 1 unspecified atom stereocenters. The van der Waals surface area contributed by atoms with Crippen LogP contribution in [0.3, 0.4) is 0 Å². The molecule has 4 aromatic rings. The second kappa shape index (κ2) is 8.81. The second-order valence-corrected chi connectivity index (χ2v) is 9.25. The van der Waals surface area contributed by atoms with Crippen LogP contribution >= 0.6 is 0 Å². The third kappa shape index (κ3) is 4.05. The molecule has 1 atom stereocenters. The first-order valence-corrected chi connectivity index (χ1v) is 12.3. The zero-order valence-electron chi connectivity index (χ0n) is 20.0. The van der Waals surface area contributed by atoms with Gasteiger partial charge in [-0.25, -0.2) is 15.0 Å². The normalized spacial score (nSPS) is 18.2. The van der Waals surface area contributed by atoms with Gasteiger partial charge in [0.15, 0.2) is 22.8 Å². The highest BCUT2D eigenvalue weighted by molar-refractivity contribution is 5.88. The van der Waals surface area contributed by atoms with Crippen LogP contribution in [0.2, 0.25) is 0 Å². The summed E-state index contributed by atoms with van der Waals surface area (Å²) >= 11 is 0. The fourth-order valence-electron chi connectivity index (χ4n) is 4.78. The SMILES string of the molecule is CCn1c(C2CC2)nc2c(N3CCOCC3C)nc(-c3ccccc3Nc3cccc(=O)[nH]3)nc21. The molecule has 1 saturated carbocycles. The Balaban J connectivity index is 1.53. The summed E-state index contributed by atoms with van der Waals surface area (Å²) in [7, 11) is 0. The number of nitrogens with one attached hydrogen (secondary N) is 2. The van der Waals surface area contributed by atoms with Crippen molar-refractivity contribution in [1.29, 1.82) is 0 Å². The van der Waals surface area contributed by atoms with Crippen LogP contribution in [0, 0.1) is 0 Å². The molecule has 0 amide bonds. The van der Waals surface area contributed by atoms with Gasteiger partial charge in [-0.05, 0) is 44.9 Å².